The van der Waals surface area contributed by atoms with Gasteiger partial charge in [-0.25, -0.2) is 0 Å². The summed E-state index contributed by atoms with van der Waals surface area (Å²) < 4.78 is 13.3. The van der Waals surface area contributed by atoms with Gasteiger partial charge in [0, 0.05) is 46.4 Å². The molecular weight excluding hydrogens is 628 g/mol. The Balaban J connectivity index is 0.00000684. The minimum absolute atomic E-state index is 0. The maximum atomic E-state index is 13.8. The zero-order valence-corrected chi connectivity index (χ0v) is 25.0. The first-order chi connectivity index (χ1) is 17.0. The Hall–Kier alpha value is -1.85. The Morgan fingerprint density at radius 2 is 1.86 bits per heavy atom. The van der Waals surface area contributed by atoms with Gasteiger partial charge in [0.05, 0.1) is 24.8 Å². The summed E-state index contributed by atoms with van der Waals surface area (Å²) in [5.74, 6) is -1.54. The van der Waals surface area contributed by atoms with Crippen LogP contribution in [-0.2, 0) is 51.6 Å². The first-order valence-corrected chi connectivity index (χ1v) is 12.6. The van der Waals surface area contributed by atoms with Crippen LogP contribution >= 0.6 is 0 Å². The summed E-state index contributed by atoms with van der Waals surface area (Å²) in [6, 6.07) is 8.33. The van der Waals surface area contributed by atoms with Crippen LogP contribution < -0.4 is 5.32 Å². The predicted octanol–water partition coefficient (Wildman–Crippen LogP) is 3.75. The molecule has 0 aromatic heterocycles. The van der Waals surface area contributed by atoms with Gasteiger partial charge < -0.3 is 26.2 Å². The second-order valence-electron chi connectivity index (χ2n) is 10.0. The SMILES string of the molecule is [3H]C(=O)NC(C(=O)CC(C(=O)N1CC(OCc2ccccc2)CC1C(=O)C[CH-]CC)C(C)C)C(C)C.[W]. The number of carbonyl (C=O) groups excluding carboxylic acids is 4. The van der Waals surface area contributed by atoms with Crippen LogP contribution in [0, 0.1) is 24.2 Å². The van der Waals surface area contributed by atoms with E-state index in [2.05, 4.69) is 5.32 Å². The van der Waals surface area contributed by atoms with Crippen molar-refractivity contribution < 1.29 is 46.4 Å². The molecule has 4 unspecified atom stereocenters. The molecule has 2 rings (SSSR count). The average molecular weight is 671 g/mol. The molecule has 1 aromatic rings. The van der Waals surface area contributed by atoms with Crippen LogP contribution in [0.5, 0.6) is 0 Å². The smallest absolute Gasteiger partial charge is 0.227 e. The number of benzene rings is 1. The fourth-order valence-electron chi connectivity index (χ4n) is 4.53. The molecule has 200 valence electrons. The standard InChI is InChI=1S/C28H41N2O5.W/c1-6-7-13-25(32)24-14-22(35-17-21-11-9-8-10-12-21)16-30(24)28(34)23(19(2)3)15-26(33)27(20(4)5)29-18-31;/h7-12,18-20,22-24,27H,6,13-17H2,1-5H3,(H,29,31);/q-1;/i18T;. The van der Waals surface area contributed by atoms with Gasteiger partial charge in [0.1, 0.15) is 7.15 Å². The van der Waals surface area contributed by atoms with Crippen LogP contribution in [0.15, 0.2) is 30.3 Å². The molecule has 1 aliphatic rings. The van der Waals surface area contributed by atoms with E-state index < -0.39 is 24.4 Å². The van der Waals surface area contributed by atoms with Gasteiger partial charge >= 0.3 is 0 Å². The molecule has 0 saturated carbocycles. The maximum Gasteiger partial charge on any atom is 0.227 e. The van der Waals surface area contributed by atoms with E-state index in [1.165, 1.54) is 0 Å². The van der Waals surface area contributed by atoms with Gasteiger partial charge in [0.25, 0.3) is 0 Å². The van der Waals surface area contributed by atoms with Crippen molar-refractivity contribution >= 4 is 23.9 Å². The Morgan fingerprint density at radius 1 is 1.19 bits per heavy atom. The van der Waals surface area contributed by atoms with Gasteiger partial charge in [-0.3, -0.25) is 14.4 Å². The quantitative estimate of drug-likeness (QED) is 0.241. The number of hydrogen-bond donors (Lipinski definition) is 1. The maximum absolute atomic E-state index is 13.8. The van der Waals surface area contributed by atoms with E-state index in [1.807, 2.05) is 57.5 Å². The van der Waals surface area contributed by atoms with E-state index in [0.29, 0.717) is 19.6 Å². The van der Waals surface area contributed by atoms with E-state index in [9.17, 15) is 19.2 Å². The van der Waals surface area contributed by atoms with Crippen LogP contribution in [0.3, 0.4) is 0 Å². The first-order valence-electron chi connectivity index (χ1n) is 13.1. The molecule has 1 N–H and O–H groups in total. The zero-order chi connectivity index (χ0) is 26.8. The molecule has 1 heterocycles. The number of unbranched alkanes of at least 4 members (excludes halogenated alkanes) is 1. The summed E-state index contributed by atoms with van der Waals surface area (Å²) in [5, 5.41) is 2.40. The summed E-state index contributed by atoms with van der Waals surface area (Å²) in [5.41, 5.74) is 1.02. The predicted molar refractivity (Wildman–Crippen MR) is 135 cm³/mol. The van der Waals surface area contributed by atoms with Crippen molar-refractivity contribution in [2.75, 3.05) is 6.54 Å². The van der Waals surface area contributed by atoms with Gasteiger partial charge in [-0.1, -0.05) is 65.0 Å². The average Bonchev–Trinajstić information content (AvgIpc) is 3.27. The van der Waals surface area contributed by atoms with E-state index in [0.717, 1.165) is 12.0 Å². The number of likely N-dealkylation sites (tertiary alicyclic amines) is 1. The van der Waals surface area contributed by atoms with E-state index in [4.69, 9.17) is 6.11 Å². The first kappa shape index (κ1) is 30.4. The minimum Gasteiger partial charge on any atom is -0.372 e. The topological polar surface area (TPSA) is 92.8 Å². The van der Waals surface area contributed by atoms with Gasteiger partial charge in [0.15, 0.2) is 5.78 Å². The molecule has 0 spiro atoms. The fourth-order valence-corrected chi connectivity index (χ4v) is 4.53. The Morgan fingerprint density at radius 3 is 2.42 bits per heavy atom. The summed E-state index contributed by atoms with van der Waals surface area (Å²) in [7, 11) is 0. The van der Waals surface area contributed by atoms with Gasteiger partial charge in [-0.05, 0) is 17.4 Å². The molecule has 0 bridgehead atoms. The van der Waals surface area contributed by atoms with Crippen molar-refractivity contribution in [1.82, 2.24) is 10.2 Å². The molecule has 0 aliphatic carbocycles. The zero-order valence-electron chi connectivity index (χ0n) is 23.1. The summed E-state index contributed by atoms with van der Waals surface area (Å²) >= 11 is 0. The number of amides is 2. The Kier molecular flexibility index (Phi) is 13.6. The normalized spacial score (nSPS) is 19.4. The van der Waals surface area contributed by atoms with Crippen LogP contribution in [-0.4, -0.2) is 53.5 Å². The minimum atomic E-state index is -1.02. The van der Waals surface area contributed by atoms with Crippen molar-refractivity contribution in [3.63, 3.8) is 0 Å². The van der Waals surface area contributed by atoms with Crippen molar-refractivity contribution in [3.8, 4) is 0 Å². The fraction of sp³-hybridized carbons (Fsp3) is 0.607. The molecule has 36 heavy (non-hydrogen) atoms. The molecule has 7 nitrogen and oxygen atoms in total. The molecule has 1 aliphatic heterocycles. The number of Topliss-reactive ketones (excluding diaryl/α,β-unsaturated/α-hetero) is 2. The van der Waals surface area contributed by atoms with Gasteiger partial charge in [0.2, 0.25) is 12.3 Å². The number of rotatable bonds is 14. The van der Waals surface area contributed by atoms with Gasteiger partial charge in [-0.15, -0.1) is 6.42 Å². The summed E-state index contributed by atoms with van der Waals surface area (Å²) in [6.07, 6.45) is 2.02. The number of ether oxygens (including phenoxy) is 1. The molecule has 1 aromatic carbocycles. The van der Waals surface area contributed by atoms with Crippen LogP contribution in [0.1, 0.15) is 67.2 Å². The number of ketones is 2. The summed E-state index contributed by atoms with van der Waals surface area (Å²) in [4.78, 5) is 52.8. The number of hydrogen-bond acceptors (Lipinski definition) is 5. The molecule has 1 saturated heterocycles. The van der Waals surface area contributed by atoms with E-state index in [-0.39, 0.29) is 69.3 Å². The van der Waals surface area contributed by atoms with E-state index >= 15 is 0 Å². The van der Waals surface area contributed by atoms with Crippen LogP contribution in [0.4, 0.5) is 0 Å². The number of carbonyl (C=O) groups is 4. The van der Waals surface area contributed by atoms with Gasteiger partial charge in [-0.2, -0.15) is 6.42 Å². The largest absolute Gasteiger partial charge is 0.372 e. The monoisotopic (exact) mass is 671 g/mol. The molecular formula is C28H41N2O5W-. The van der Waals surface area contributed by atoms with Crippen LogP contribution in [0.25, 0.3) is 0 Å². The third-order valence-corrected chi connectivity index (χ3v) is 6.65. The van der Waals surface area contributed by atoms with Crippen molar-refractivity contribution in [3.05, 3.63) is 42.3 Å². The summed E-state index contributed by atoms with van der Waals surface area (Å²) in [6.45, 7) is 10.00. The molecule has 0 radical (unpaired) electrons. The van der Waals surface area contributed by atoms with Crippen molar-refractivity contribution in [1.29, 1.82) is 0 Å². The molecule has 1 fully saturated rings. The number of nitrogens with zero attached hydrogens (tertiary/aromatic N) is 1. The molecule has 2 amide bonds. The van der Waals surface area contributed by atoms with E-state index in [1.54, 1.807) is 18.7 Å². The third-order valence-electron chi connectivity index (χ3n) is 6.65. The van der Waals surface area contributed by atoms with Crippen molar-refractivity contribution in [2.45, 2.75) is 85.1 Å². The molecule has 4 atom stereocenters. The number of nitrogens with one attached hydrogen (secondary N) is 1. The van der Waals surface area contributed by atoms with Crippen molar-refractivity contribution in [2.24, 2.45) is 17.8 Å². The Bertz CT molecular complexity index is 896. The van der Waals surface area contributed by atoms with Crippen LogP contribution in [0.2, 0.25) is 0 Å². The third kappa shape index (κ3) is 9.22. The second-order valence-corrected chi connectivity index (χ2v) is 10.0. The molecule has 8 heteroatoms. The second kappa shape index (κ2) is 16.1. The Labute approximate surface area is 231 Å².